The van der Waals surface area contributed by atoms with Crippen molar-refractivity contribution in [3.05, 3.63) is 0 Å². The molecule has 2 aliphatic carbocycles. The van der Waals surface area contributed by atoms with Gasteiger partial charge in [0.15, 0.2) is 0 Å². The summed E-state index contributed by atoms with van der Waals surface area (Å²) in [5, 5.41) is -0.585. The lowest BCUT2D eigenvalue weighted by Gasteiger charge is -2.24. The minimum absolute atomic E-state index is 0.291. The molecule has 0 bridgehead atoms. The fourth-order valence-corrected chi connectivity index (χ4v) is 4.17. The molecule has 2 saturated carbocycles. The third-order valence-corrected chi connectivity index (χ3v) is 6.20. The van der Waals surface area contributed by atoms with Crippen molar-refractivity contribution in [2.24, 2.45) is 11.8 Å². The lowest BCUT2D eigenvalue weighted by molar-refractivity contribution is -0.123. The topological polar surface area (TPSA) is 102 Å². The Hall–Kier alpha value is -1.52. The molecule has 0 heterocycles. The van der Waals surface area contributed by atoms with Gasteiger partial charge in [-0.3, -0.25) is 4.79 Å². The first-order valence-corrected chi connectivity index (χ1v) is 9.18. The van der Waals surface area contributed by atoms with E-state index in [-0.39, 0.29) is 6.42 Å². The zero-order chi connectivity index (χ0) is 19.4. The molecule has 0 spiro atoms. The summed E-state index contributed by atoms with van der Waals surface area (Å²) < 4.78 is 70.5. The van der Waals surface area contributed by atoms with Gasteiger partial charge in [0.05, 0.1) is 5.92 Å². The maximum absolute atomic E-state index is 14.1. The summed E-state index contributed by atoms with van der Waals surface area (Å²) in [7, 11) is -4.70. The summed E-state index contributed by atoms with van der Waals surface area (Å²) in [6, 6.07) is 0. The number of ether oxygens (including phenoxy) is 1. The van der Waals surface area contributed by atoms with Crippen LogP contribution in [-0.4, -0.2) is 43.0 Å². The van der Waals surface area contributed by atoms with E-state index in [4.69, 9.17) is 4.74 Å². The second-order valence-electron chi connectivity index (χ2n) is 7.57. The van der Waals surface area contributed by atoms with Gasteiger partial charge in [0, 0.05) is 12.3 Å². The minimum atomic E-state index is -4.70. The predicted molar refractivity (Wildman–Crippen MR) is 80.9 cm³/mol. The van der Waals surface area contributed by atoms with E-state index < -0.39 is 62.8 Å². The van der Waals surface area contributed by atoms with Crippen LogP contribution in [-0.2, 0) is 19.6 Å². The molecular formula is C14H21F3N2O5S. The number of carbonyl (C=O) groups is 2. The normalized spacial score (nSPS) is 34.4. The first kappa shape index (κ1) is 19.8. The van der Waals surface area contributed by atoms with Gasteiger partial charge in [-0.1, -0.05) is 6.92 Å². The van der Waals surface area contributed by atoms with E-state index in [1.807, 2.05) is 5.32 Å². The third kappa shape index (κ3) is 3.70. The van der Waals surface area contributed by atoms with Crippen LogP contribution in [0.15, 0.2) is 0 Å². The minimum Gasteiger partial charge on any atom is -0.444 e. The molecule has 25 heavy (non-hydrogen) atoms. The summed E-state index contributed by atoms with van der Waals surface area (Å²) >= 11 is 0. The standard InChI is InChI=1S/C14H21F3N2O5S/c1-7-5-14(7,17)25(22,23)19-10(20)13(6-8(13)9(15)16)18-11(21)24-12(2,3)4/h7-9H,5-6H2,1-4H3,(H,18,21)(H,19,20)/t7?,8-,13+,14?/m0/s1. The van der Waals surface area contributed by atoms with Crippen LogP contribution in [0.4, 0.5) is 18.0 Å². The molecule has 0 aliphatic heterocycles. The Labute approximate surface area is 143 Å². The molecule has 0 aromatic rings. The summed E-state index contributed by atoms with van der Waals surface area (Å²) in [6.45, 7) is 5.94. The first-order chi connectivity index (χ1) is 11.1. The van der Waals surface area contributed by atoms with Gasteiger partial charge in [-0.25, -0.2) is 31.1 Å². The molecule has 0 aromatic carbocycles. The van der Waals surface area contributed by atoms with Crippen molar-refractivity contribution in [1.29, 1.82) is 0 Å². The summed E-state index contributed by atoms with van der Waals surface area (Å²) in [6.07, 6.45) is -4.87. The van der Waals surface area contributed by atoms with Crippen LogP contribution in [0.2, 0.25) is 0 Å². The van der Waals surface area contributed by atoms with Gasteiger partial charge in [0.2, 0.25) is 11.4 Å². The van der Waals surface area contributed by atoms with Gasteiger partial charge in [0.1, 0.15) is 11.1 Å². The lowest BCUT2D eigenvalue weighted by atomic mass is 10.2. The van der Waals surface area contributed by atoms with Crippen LogP contribution >= 0.6 is 0 Å². The number of hydrogen-bond donors (Lipinski definition) is 2. The summed E-state index contributed by atoms with van der Waals surface area (Å²) in [5.41, 5.74) is -3.09. The monoisotopic (exact) mass is 386 g/mol. The van der Waals surface area contributed by atoms with Gasteiger partial charge in [-0.2, -0.15) is 0 Å². The molecule has 2 N–H and O–H groups in total. The summed E-state index contributed by atoms with van der Waals surface area (Å²) in [4.78, 5) is 24.1. The van der Waals surface area contributed by atoms with Crippen LogP contribution < -0.4 is 10.0 Å². The van der Waals surface area contributed by atoms with Crippen LogP contribution in [0.1, 0.15) is 40.5 Å². The Morgan fingerprint density at radius 3 is 2.12 bits per heavy atom. The number of halogens is 3. The van der Waals surface area contributed by atoms with Crippen molar-refractivity contribution in [2.45, 2.75) is 63.1 Å². The maximum Gasteiger partial charge on any atom is 0.408 e. The Kier molecular flexibility index (Phi) is 4.55. The first-order valence-electron chi connectivity index (χ1n) is 7.70. The summed E-state index contributed by atoms with van der Waals surface area (Å²) in [5.74, 6) is -3.78. The molecule has 0 radical (unpaired) electrons. The second-order valence-corrected chi connectivity index (χ2v) is 9.46. The molecule has 7 nitrogen and oxygen atoms in total. The number of carbonyl (C=O) groups excluding carboxylic acids is 2. The number of nitrogens with one attached hydrogen (secondary N) is 2. The molecule has 2 amide bonds. The highest BCUT2D eigenvalue weighted by Crippen LogP contribution is 2.52. The Bertz CT molecular complexity index is 693. The van der Waals surface area contributed by atoms with E-state index in [0.717, 1.165) is 0 Å². The fourth-order valence-electron chi connectivity index (χ4n) is 2.57. The van der Waals surface area contributed by atoms with Crippen LogP contribution in [0.25, 0.3) is 0 Å². The van der Waals surface area contributed by atoms with Crippen LogP contribution in [0.5, 0.6) is 0 Å². The van der Waals surface area contributed by atoms with Gasteiger partial charge in [-0.15, -0.1) is 0 Å². The zero-order valence-electron chi connectivity index (χ0n) is 14.2. The molecule has 2 aliphatic rings. The number of rotatable bonds is 5. The Morgan fingerprint density at radius 2 is 1.76 bits per heavy atom. The van der Waals surface area contributed by atoms with E-state index in [1.54, 1.807) is 0 Å². The SMILES string of the molecule is CC1CC1(F)S(=O)(=O)NC(=O)[C@@]1(NC(=O)OC(C)(C)C)C[C@H]1C(F)F. The maximum atomic E-state index is 14.1. The van der Waals surface area contributed by atoms with Crippen molar-refractivity contribution >= 4 is 22.0 Å². The Balaban J connectivity index is 2.15. The smallest absolute Gasteiger partial charge is 0.408 e. The third-order valence-electron chi connectivity index (χ3n) is 4.28. The van der Waals surface area contributed by atoms with Crippen LogP contribution in [0.3, 0.4) is 0 Å². The molecule has 0 aromatic heterocycles. The number of hydrogen-bond acceptors (Lipinski definition) is 5. The molecule has 2 fully saturated rings. The van der Waals surface area contributed by atoms with E-state index in [2.05, 4.69) is 0 Å². The van der Waals surface area contributed by atoms with Crippen molar-refractivity contribution in [3.8, 4) is 0 Å². The molecule has 2 rings (SSSR count). The fraction of sp³-hybridized carbons (Fsp3) is 0.857. The number of sulfonamides is 1. The zero-order valence-corrected chi connectivity index (χ0v) is 15.0. The molecule has 144 valence electrons. The van der Waals surface area contributed by atoms with E-state index >= 15 is 0 Å². The van der Waals surface area contributed by atoms with Gasteiger partial charge in [-0.05, 0) is 27.2 Å². The van der Waals surface area contributed by atoms with Crippen molar-refractivity contribution in [2.75, 3.05) is 0 Å². The number of amides is 2. The predicted octanol–water partition coefficient (Wildman–Crippen LogP) is 1.69. The van der Waals surface area contributed by atoms with Gasteiger partial charge in [0.25, 0.3) is 15.9 Å². The molecule has 2 unspecified atom stereocenters. The van der Waals surface area contributed by atoms with Crippen molar-refractivity contribution < 1.29 is 35.9 Å². The van der Waals surface area contributed by atoms with E-state index in [0.29, 0.717) is 0 Å². The highest BCUT2D eigenvalue weighted by molar-refractivity contribution is 7.91. The molecule has 0 saturated heterocycles. The Morgan fingerprint density at radius 1 is 1.24 bits per heavy atom. The van der Waals surface area contributed by atoms with Crippen LogP contribution in [0, 0.1) is 11.8 Å². The number of alkyl halides is 3. The lowest BCUT2D eigenvalue weighted by Crippen LogP contribution is -2.54. The molecule has 4 atom stereocenters. The molecule has 11 heteroatoms. The molecular weight excluding hydrogens is 365 g/mol. The van der Waals surface area contributed by atoms with Crippen molar-refractivity contribution in [3.63, 3.8) is 0 Å². The highest BCUT2D eigenvalue weighted by Gasteiger charge is 2.69. The quantitative estimate of drug-likeness (QED) is 0.749. The average Bonchev–Trinajstić information content (AvgIpc) is 3.24. The second kappa shape index (κ2) is 5.75. The van der Waals surface area contributed by atoms with E-state index in [9.17, 15) is 31.2 Å². The highest BCUT2D eigenvalue weighted by atomic mass is 32.2. The largest absolute Gasteiger partial charge is 0.444 e. The average molecular weight is 386 g/mol. The van der Waals surface area contributed by atoms with Gasteiger partial charge < -0.3 is 10.1 Å². The van der Waals surface area contributed by atoms with E-state index in [1.165, 1.54) is 32.4 Å². The van der Waals surface area contributed by atoms with Gasteiger partial charge >= 0.3 is 6.09 Å². The number of alkyl carbamates (subject to hydrolysis) is 1. The van der Waals surface area contributed by atoms with Crippen molar-refractivity contribution in [1.82, 2.24) is 10.0 Å².